The number of hydrogen-bond acceptors (Lipinski definition) is 2. The van der Waals surface area contributed by atoms with Crippen molar-refractivity contribution < 1.29 is 9.53 Å². The van der Waals surface area contributed by atoms with Crippen LogP contribution in [0.3, 0.4) is 0 Å². The number of rotatable bonds is 1. The fourth-order valence-electron chi connectivity index (χ4n) is 3.63. The molecule has 0 aromatic heterocycles. The maximum absolute atomic E-state index is 12.0. The van der Waals surface area contributed by atoms with Gasteiger partial charge in [-0.2, -0.15) is 0 Å². The van der Waals surface area contributed by atoms with Crippen LogP contribution in [-0.2, 0) is 9.53 Å². The van der Waals surface area contributed by atoms with Crippen LogP contribution in [0, 0.1) is 5.92 Å². The monoisotopic (exact) mass is 206 g/mol. The Morgan fingerprint density at radius 3 is 3.20 bits per heavy atom. The SMILES string of the molecule is CCC1=CC[C@H]2CC[C@@]3(CCC(=O)[C@H]13)O2. The Morgan fingerprint density at radius 2 is 2.40 bits per heavy atom. The normalized spacial score (nSPS) is 43.8. The molecule has 2 bridgehead atoms. The summed E-state index contributed by atoms with van der Waals surface area (Å²) in [6, 6.07) is 0. The van der Waals surface area contributed by atoms with Gasteiger partial charge < -0.3 is 4.74 Å². The average Bonchev–Trinajstić information content (AvgIpc) is 2.70. The summed E-state index contributed by atoms with van der Waals surface area (Å²) >= 11 is 0. The summed E-state index contributed by atoms with van der Waals surface area (Å²) in [6.45, 7) is 2.16. The van der Waals surface area contributed by atoms with Crippen molar-refractivity contribution in [1.29, 1.82) is 0 Å². The highest BCUT2D eigenvalue weighted by molar-refractivity contribution is 5.87. The number of carbonyl (C=O) groups excluding carboxylic acids is 1. The molecule has 0 amide bonds. The zero-order valence-corrected chi connectivity index (χ0v) is 9.29. The second kappa shape index (κ2) is 3.18. The topological polar surface area (TPSA) is 26.3 Å². The van der Waals surface area contributed by atoms with Crippen LogP contribution >= 0.6 is 0 Å². The van der Waals surface area contributed by atoms with Gasteiger partial charge in [-0.15, -0.1) is 0 Å². The van der Waals surface area contributed by atoms with Gasteiger partial charge in [0.1, 0.15) is 5.78 Å². The Morgan fingerprint density at radius 1 is 1.53 bits per heavy atom. The largest absolute Gasteiger partial charge is 0.370 e. The third-order valence-electron chi connectivity index (χ3n) is 4.36. The third-order valence-corrected chi connectivity index (χ3v) is 4.36. The number of fused-ring (bicyclic) bond motifs is 1. The zero-order valence-electron chi connectivity index (χ0n) is 9.29. The Hall–Kier alpha value is -0.630. The van der Waals surface area contributed by atoms with E-state index < -0.39 is 0 Å². The van der Waals surface area contributed by atoms with E-state index in [1.165, 1.54) is 5.57 Å². The van der Waals surface area contributed by atoms with Gasteiger partial charge in [-0.3, -0.25) is 4.79 Å². The molecule has 82 valence electrons. The lowest BCUT2D eigenvalue weighted by atomic mass is 9.79. The summed E-state index contributed by atoms with van der Waals surface area (Å²) in [4.78, 5) is 12.0. The predicted molar refractivity (Wildman–Crippen MR) is 57.6 cm³/mol. The second-order valence-electron chi connectivity index (χ2n) is 5.11. The molecule has 2 heterocycles. The van der Waals surface area contributed by atoms with Crippen molar-refractivity contribution in [3.8, 4) is 0 Å². The van der Waals surface area contributed by atoms with Crippen molar-refractivity contribution in [3.63, 3.8) is 0 Å². The van der Waals surface area contributed by atoms with Gasteiger partial charge >= 0.3 is 0 Å². The highest BCUT2D eigenvalue weighted by Gasteiger charge is 2.54. The molecule has 2 nitrogen and oxygen atoms in total. The molecule has 0 unspecified atom stereocenters. The van der Waals surface area contributed by atoms with Gasteiger partial charge in [-0.05, 0) is 32.1 Å². The second-order valence-corrected chi connectivity index (χ2v) is 5.11. The summed E-state index contributed by atoms with van der Waals surface area (Å²) in [7, 11) is 0. The van der Waals surface area contributed by atoms with E-state index in [9.17, 15) is 4.79 Å². The molecular weight excluding hydrogens is 188 g/mol. The molecule has 1 spiro atoms. The maximum atomic E-state index is 12.0. The Labute approximate surface area is 90.7 Å². The summed E-state index contributed by atoms with van der Waals surface area (Å²) in [5.41, 5.74) is 1.26. The minimum atomic E-state index is -0.0832. The highest BCUT2D eigenvalue weighted by Crippen LogP contribution is 2.51. The van der Waals surface area contributed by atoms with Crippen molar-refractivity contribution in [2.24, 2.45) is 5.92 Å². The van der Waals surface area contributed by atoms with E-state index in [1.807, 2.05) is 0 Å². The van der Waals surface area contributed by atoms with Gasteiger partial charge in [0, 0.05) is 6.42 Å². The maximum Gasteiger partial charge on any atom is 0.143 e. The fourth-order valence-corrected chi connectivity index (χ4v) is 3.63. The van der Waals surface area contributed by atoms with E-state index in [1.54, 1.807) is 0 Å². The van der Waals surface area contributed by atoms with Crippen molar-refractivity contribution in [2.45, 2.75) is 57.2 Å². The first-order valence-corrected chi connectivity index (χ1v) is 6.14. The molecule has 3 atom stereocenters. The van der Waals surface area contributed by atoms with E-state index >= 15 is 0 Å². The van der Waals surface area contributed by atoms with Gasteiger partial charge in [0.05, 0.1) is 17.6 Å². The van der Waals surface area contributed by atoms with E-state index in [2.05, 4.69) is 13.0 Å². The number of hydrogen-bond donors (Lipinski definition) is 0. The van der Waals surface area contributed by atoms with Crippen LogP contribution in [0.5, 0.6) is 0 Å². The summed E-state index contributed by atoms with van der Waals surface area (Å²) in [5.74, 6) is 0.528. The lowest BCUT2D eigenvalue weighted by Crippen LogP contribution is -2.36. The van der Waals surface area contributed by atoms with Crippen LogP contribution in [-0.4, -0.2) is 17.5 Å². The molecular formula is C13H18O2. The number of Topliss-reactive ketones (excluding diaryl/α,β-unsaturated/α-hetero) is 1. The molecule has 0 radical (unpaired) electrons. The van der Waals surface area contributed by atoms with Gasteiger partial charge in [0.2, 0.25) is 0 Å². The molecule has 0 N–H and O–H groups in total. The lowest BCUT2D eigenvalue weighted by molar-refractivity contribution is -0.124. The summed E-state index contributed by atoms with van der Waals surface area (Å²) < 4.78 is 6.16. The van der Waals surface area contributed by atoms with Gasteiger partial charge in [0.25, 0.3) is 0 Å². The van der Waals surface area contributed by atoms with E-state index in [-0.39, 0.29) is 11.5 Å². The average molecular weight is 206 g/mol. The number of ketones is 1. The molecule has 1 aliphatic carbocycles. The molecule has 3 rings (SSSR count). The Balaban J connectivity index is 2.04. The Bertz CT molecular complexity index is 331. The molecule has 2 heteroatoms. The zero-order chi connectivity index (χ0) is 10.5. The fraction of sp³-hybridized carbons (Fsp3) is 0.769. The highest BCUT2D eigenvalue weighted by atomic mass is 16.5. The summed E-state index contributed by atoms with van der Waals surface area (Å²) in [5, 5.41) is 0. The standard InChI is InChI=1S/C13H18O2/c1-2-9-3-4-10-5-7-13(15-10)8-6-11(14)12(9)13/h3,10,12H,2,4-8H2,1H3/t10-,12-,13-/m0/s1. The minimum Gasteiger partial charge on any atom is -0.370 e. The quantitative estimate of drug-likeness (QED) is 0.616. The van der Waals surface area contributed by atoms with Crippen molar-refractivity contribution in [3.05, 3.63) is 11.6 Å². The van der Waals surface area contributed by atoms with E-state index in [0.29, 0.717) is 11.9 Å². The minimum absolute atomic E-state index is 0.0832. The van der Waals surface area contributed by atoms with Crippen LogP contribution in [0.25, 0.3) is 0 Å². The lowest BCUT2D eigenvalue weighted by Gasteiger charge is -2.30. The smallest absolute Gasteiger partial charge is 0.143 e. The first-order valence-electron chi connectivity index (χ1n) is 6.14. The molecule has 2 fully saturated rings. The first-order chi connectivity index (χ1) is 7.25. The number of ether oxygens (including phenoxy) is 1. The Kier molecular flexibility index (Phi) is 2.03. The van der Waals surface area contributed by atoms with Crippen molar-refractivity contribution >= 4 is 5.78 Å². The first kappa shape index (κ1) is 9.59. The van der Waals surface area contributed by atoms with E-state index in [0.717, 1.165) is 38.5 Å². The molecule has 1 saturated heterocycles. The van der Waals surface area contributed by atoms with Crippen molar-refractivity contribution in [2.75, 3.05) is 0 Å². The van der Waals surface area contributed by atoms with Crippen LogP contribution in [0.1, 0.15) is 45.4 Å². The molecule has 1 saturated carbocycles. The van der Waals surface area contributed by atoms with Crippen LogP contribution in [0.4, 0.5) is 0 Å². The number of carbonyl (C=O) groups is 1. The van der Waals surface area contributed by atoms with Crippen LogP contribution < -0.4 is 0 Å². The van der Waals surface area contributed by atoms with Crippen LogP contribution in [0.2, 0.25) is 0 Å². The summed E-state index contributed by atoms with van der Waals surface area (Å²) in [6.07, 6.45) is 8.65. The van der Waals surface area contributed by atoms with Crippen LogP contribution in [0.15, 0.2) is 11.6 Å². The molecule has 15 heavy (non-hydrogen) atoms. The molecule has 0 aromatic rings. The predicted octanol–water partition coefficient (Wildman–Crippen LogP) is 2.62. The van der Waals surface area contributed by atoms with E-state index in [4.69, 9.17) is 4.74 Å². The third kappa shape index (κ3) is 1.24. The van der Waals surface area contributed by atoms with Crippen molar-refractivity contribution in [1.82, 2.24) is 0 Å². The van der Waals surface area contributed by atoms with Gasteiger partial charge in [0.15, 0.2) is 0 Å². The molecule has 2 aliphatic heterocycles. The van der Waals surface area contributed by atoms with Gasteiger partial charge in [-0.25, -0.2) is 0 Å². The molecule has 3 aliphatic rings. The molecule has 0 aromatic carbocycles. The van der Waals surface area contributed by atoms with Gasteiger partial charge in [-0.1, -0.05) is 18.6 Å².